The molecule has 3 nitrogen and oxygen atoms in total. The van der Waals surface area contributed by atoms with Crippen molar-refractivity contribution in [2.24, 2.45) is 0 Å². The molecule has 0 aliphatic heterocycles. The Labute approximate surface area is 82.7 Å². The Balaban J connectivity index is 0. The van der Waals surface area contributed by atoms with Gasteiger partial charge in [-0.1, -0.05) is 0 Å². The van der Waals surface area contributed by atoms with E-state index in [0.29, 0.717) is 12.2 Å². The minimum absolute atomic E-state index is 0. The third kappa shape index (κ3) is 12.5. The molecule has 1 radical (unpaired) electrons. The number of thiol groups is 1. The van der Waals surface area contributed by atoms with Crippen LogP contribution in [0, 0.1) is 0 Å². The van der Waals surface area contributed by atoms with E-state index in [-0.39, 0.29) is 35.3 Å². The third-order valence-electron chi connectivity index (χ3n) is 0.560. The van der Waals surface area contributed by atoms with Crippen molar-refractivity contribution in [2.45, 2.75) is 6.42 Å². The van der Waals surface area contributed by atoms with Gasteiger partial charge in [-0.05, 0) is 12.2 Å². The number of hydrogen-bond donors (Lipinski definition) is 2. The first kappa shape index (κ1) is 12.9. The van der Waals surface area contributed by atoms with Crippen LogP contribution in [0.5, 0.6) is 0 Å². The van der Waals surface area contributed by atoms with Crippen molar-refractivity contribution in [3.63, 3.8) is 0 Å². The van der Waals surface area contributed by atoms with E-state index >= 15 is 0 Å². The summed E-state index contributed by atoms with van der Waals surface area (Å²) < 4.78 is 27.9. The van der Waals surface area contributed by atoms with Gasteiger partial charge in [0, 0.05) is 29.6 Å². The van der Waals surface area contributed by atoms with Crippen molar-refractivity contribution in [1.29, 1.82) is 0 Å². The van der Waals surface area contributed by atoms with Crippen LogP contribution in [0.3, 0.4) is 0 Å². The monoisotopic (exact) mass is 179 g/mol. The van der Waals surface area contributed by atoms with E-state index in [1.165, 1.54) is 0 Å². The zero-order valence-corrected chi connectivity index (χ0v) is 8.95. The molecule has 9 heavy (non-hydrogen) atoms. The quantitative estimate of drug-likeness (QED) is 0.359. The maximum atomic E-state index is 9.91. The first-order chi connectivity index (χ1) is 3.56. The van der Waals surface area contributed by atoms with Crippen molar-refractivity contribution >= 4 is 52.3 Å². The second kappa shape index (κ2) is 6.00. The summed E-state index contributed by atoms with van der Waals surface area (Å²) in [5.74, 6) is 0.302. The molecule has 0 aromatic rings. The third-order valence-corrected chi connectivity index (χ3v) is 1.68. The van der Waals surface area contributed by atoms with Crippen molar-refractivity contribution < 1.29 is 13.0 Å². The molecule has 51 valence electrons. The minimum atomic E-state index is -3.74. The summed E-state index contributed by atoms with van der Waals surface area (Å²) in [4.78, 5) is 0. The maximum absolute atomic E-state index is 9.91. The van der Waals surface area contributed by atoms with Gasteiger partial charge in [0.1, 0.15) is 0 Å². The normalized spacial score (nSPS) is 10.4. The first-order valence-electron chi connectivity index (χ1n) is 2.12. The van der Waals surface area contributed by atoms with E-state index in [0.717, 1.165) is 0 Å². The van der Waals surface area contributed by atoms with E-state index in [1.807, 2.05) is 0 Å². The van der Waals surface area contributed by atoms with Gasteiger partial charge >= 0.3 is 0 Å². The summed E-state index contributed by atoms with van der Waals surface area (Å²) in [6, 6.07) is 0. The van der Waals surface area contributed by atoms with Crippen LogP contribution in [0.1, 0.15) is 6.42 Å². The summed E-state index contributed by atoms with van der Waals surface area (Å²) in [5.41, 5.74) is 0. The molecular weight excluding hydrogens is 171 g/mol. The van der Waals surface area contributed by atoms with E-state index in [9.17, 15) is 8.42 Å². The molecule has 0 aliphatic carbocycles. The van der Waals surface area contributed by atoms with Gasteiger partial charge in [-0.15, -0.1) is 0 Å². The molecule has 6 heteroatoms. The average molecular weight is 179 g/mol. The van der Waals surface area contributed by atoms with Crippen molar-refractivity contribution in [1.82, 2.24) is 0 Å². The van der Waals surface area contributed by atoms with E-state index in [2.05, 4.69) is 12.6 Å². The second-order valence-electron chi connectivity index (χ2n) is 1.36. The Kier molecular flexibility index (Phi) is 8.60. The minimum Gasteiger partial charge on any atom is -0.286 e. The van der Waals surface area contributed by atoms with Crippen LogP contribution in [0.4, 0.5) is 0 Å². The van der Waals surface area contributed by atoms with Gasteiger partial charge in [0.25, 0.3) is 10.1 Å². The standard InChI is InChI=1S/C3H8O3S2.Na/c4-8(5,6)3-1-2-7;/h7H,1-3H2,(H,4,5,6);. The van der Waals surface area contributed by atoms with Crippen LogP contribution < -0.4 is 0 Å². The molecule has 0 heterocycles. The summed E-state index contributed by atoms with van der Waals surface area (Å²) in [5, 5.41) is 0. The maximum Gasteiger partial charge on any atom is 0.264 e. The predicted octanol–water partition coefficient (Wildman–Crippen LogP) is -0.187. The molecule has 0 unspecified atom stereocenters. The Morgan fingerprint density at radius 2 is 1.89 bits per heavy atom. The molecule has 0 saturated heterocycles. The molecule has 0 amide bonds. The molecule has 0 saturated carbocycles. The Hall–Kier alpha value is 1.26. The van der Waals surface area contributed by atoms with Gasteiger partial charge in [-0.3, -0.25) is 4.55 Å². The molecule has 0 rings (SSSR count). The van der Waals surface area contributed by atoms with Crippen LogP contribution in [0.2, 0.25) is 0 Å². The summed E-state index contributed by atoms with van der Waals surface area (Å²) >= 11 is 3.76. The first-order valence-corrected chi connectivity index (χ1v) is 4.36. The van der Waals surface area contributed by atoms with Crippen LogP contribution >= 0.6 is 12.6 Å². The Bertz CT molecular complexity index is 141. The molecule has 0 fully saturated rings. The molecule has 0 aromatic carbocycles. The summed E-state index contributed by atoms with van der Waals surface area (Å²) in [6.07, 6.45) is 0.405. The zero-order valence-electron chi connectivity index (χ0n) is 5.24. The Morgan fingerprint density at radius 3 is 2.00 bits per heavy atom. The second-order valence-corrected chi connectivity index (χ2v) is 3.38. The van der Waals surface area contributed by atoms with Crippen LogP contribution in [0.15, 0.2) is 0 Å². The van der Waals surface area contributed by atoms with E-state index in [1.54, 1.807) is 0 Å². The molecule has 0 spiro atoms. The molecule has 0 atom stereocenters. The fraction of sp³-hybridized carbons (Fsp3) is 1.00. The fourth-order valence-corrected chi connectivity index (χ4v) is 1.13. The van der Waals surface area contributed by atoms with E-state index in [4.69, 9.17) is 4.55 Å². The zero-order chi connectivity index (χ0) is 6.62. The molecule has 1 N–H and O–H groups in total. The molecule has 0 aliphatic rings. The molecule has 0 bridgehead atoms. The topological polar surface area (TPSA) is 54.4 Å². The van der Waals surface area contributed by atoms with Crippen molar-refractivity contribution in [2.75, 3.05) is 11.5 Å². The van der Waals surface area contributed by atoms with E-state index < -0.39 is 10.1 Å². The average Bonchev–Trinajstić information content (AvgIpc) is 1.59. The summed E-state index contributed by atoms with van der Waals surface area (Å²) in [6.45, 7) is 0. The molecule has 0 aromatic heterocycles. The Morgan fingerprint density at radius 1 is 1.44 bits per heavy atom. The van der Waals surface area contributed by atoms with Gasteiger partial charge in [0.2, 0.25) is 0 Å². The van der Waals surface area contributed by atoms with Crippen LogP contribution in [-0.2, 0) is 10.1 Å². The number of rotatable bonds is 3. The van der Waals surface area contributed by atoms with Gasteiger partial charge in [-0.2, -0.15) is 21.0 Å². The summed E-state index contributed by atoms with van der Waals surface area (Å²) in [7, 11) is -3.74. The van der Waals surface area contributed by atoms with Gasteiger partial charge in [0.05, 0.1) is 5.75 Å². The smallest absolute Gasteiger partial charge is 0.264 e. The van der Waals surface area contributed by atoms with Crippen molar-refractivity contribution in [3.05, 3.63) is 0 Å². The fourth-order valence-electron chi connectivity index (χ4n) is 0.247. The number of hydrogen-bond acceptors (Lipinski definition) is 3. The van der Waals surface area contributed by atoms with Gasteiger partial charge in [-0.25, -0.2) is 0 Å². The van der Waals surface area contributed by atoms with Gasteiger partial charge < -0.3 is 0 Å². The van der Waals surface area contributed by atoms with Crippen LogP contribution in [-0.4, -0.2) is 54.0 Å². The van der Waals surface area contributed by atoms with Crippen molar-refractivity contribution in [3.8, 4) is 0 Å². The van der Waals surface area contributed by atoms with Gasteiger partial charge in [0.15, 0.2) is 0 Å². The van der Waals surface area contributed by atoms with Crippen LogP contribution in [0.25, 0.3) is 0 Å². The molecular formula is C3H8NaO3S2. The predicted molar refractivity (Wildman–Crippen MR) is 40.6 cm³/mol. The SMILES string of the molecule is O=S(=O)(O)CCCS.[Na]. The largest absolute Gasteiger partial charge is 0.286 e.